The number of likely N-dealkylation sites (N-methyl/N-ethyl adjacent to an activating group) is 1. The Hall–Kier alpha value is -4.34. The number of hydroxylamine groups is 1. The van der Waals surface area contributed by atoms with Crippen molar-refractivity contribution in [2.75, 3.05) is 20.1 Å². The fourth-order valence-electron chi connectivity index (χ4n) is 5.09. The molecule has 16 heteroatoms. The van der Waals surface area contributed by atoms with Gasteiger partial charge in [-0.3, -0.25) is 24.4 Å². The summed E-state index contributed by atoms with van der Waals surface area (Å²) in [5, 5.41) is 14.1. The number of ether oxygens (including phenoxy) is 1. The fraction of sp³-hybridized carbons (Fsp3) is 0.448. The van der Waals surface area contributed by atoms with Gasteiger partial charge in [-0.15, -0.1) is 0 Å². The third-order valence-electron chi connectivity index (χ3n) is 7.32. The van der Waals surface area contributed by atoms with Crippen LogP contribution >= 0.6 is 0 Å². The molecule has 2 atom stereocenters. The number of nitrogens with zero attached hydrogens (tertiary/aromatic N) is 1. The van der Waals surface area contributed by atoms with E-state index < -0.39 is 70.7 Å². The van der Waals surface area contributed by atoms with Crippen LogP contribution in [0.4, 0.5) is 26.3 Å². The minimum Gasteiger partial charge on any atom is -0.457 e. The highest BCUT2D eigenvalue weighted by atomic mass is 19.4. The van der Waals surface area contributed by atoms with Crippen molar-refractivity contribution in [3.8, 4) is 11.5 Å². The summed E-state index contributed by atoms with van der Waals surface area (Å²) in [6.07, 6.45) is -10.4. The second kappa shape index (κ2) is 13.7. The Morgan fingerprint density at radius 1 is 0.956 bits per heavy atom. The Kier molecular flexibility index (Phi) is 10.7. The second-order valence-corrected chi connectivity index (χ2v) is 10.9. The number of hydrogen-bond donors (Lipinski definition) is 4. The number of amides is 4. The lowest BCUT2D eigenvalue weighted by molar-refractivity contribution is -0.145. The van der Waals surface area contributed by atoms with Gasteiger partial charge < -0.3 is 20.3 Å². The molecule has 4 N–H and O–H groups in total. The third-order valence-corrected chi connectivity index (χ3v) is 7.32. The molecular formula is C29H32F6N4O6. The van der Waals surface area contributed by atoms with E-state index in [2.05, 4.69) is 10.6 Å². The zero-order valence-electron chi connectivity index (χ0n) is 24.4. The predicted molar refractivity (Wildman–Crippen MR) is 146 cm³/mol. The van der Waals surface area contributed by atoms with Gasteiger partial charge >= 0.3 is 12.4 Å². The van der Waals surface area contributed by atoms with Gasteiger partial charge in [0.15, 0.2) is 0 Å². The molecule has 0 radical (unpaired) electrons. The zero-order chi connectivity index (χ0) is 33.7. The Morgan fingerprint density at radius 3 is 2.02 bits per heavy atom. The van der Waals surface area contributed by atoms with E-state index in [1.807, 2.05) is 0 Å². The van der Waals surface area contributed by atoms with E-state index >= 15 is 0 Å². The molecule has 1 aliphatic heterocycles. The standard InChI is InChI=1S/C29H32F6N4O6/c1-16(2)10-22(25(42)38-44)39-9-8-27(26(39)43,14-23(40)37-15-24(41)36-3)17-4-6-20(7-5-17)45-21-12-18(28(30,31)32)11-19(13-21)29(33,34)35/h4-7,11-13,16,22,44H,8-10,14-15H2,1-3H3,(H,36,41)(H,37,40)(H,38,42). The predicted octanol–water partition coefficient (Wildman–Crippen LogP) is 4.16. The molecule has 1 heterocycles. The van der Waals surface area contributed by atoms with E-state index in [4.69, 9.17) is 4.74 Å². The molecule has 0 aromatic heterocycles. The van der Waals surface area contributed by atoms with Gasteiger partial charge in [0.05, 0.1) is 23.1 Å². The summed E-state index contributed by atoms with van der Waals surface area (Å²) < 4.78 is 85.0. The summed E-state index contributed by atoms with van der Waals surface area (Å²) in [4.78, 5) is 52.3. The first kappa shape index (κ1) is 35.1. The van der Waals surface area contributed by atoms with Crippen LogP contribution < -0.4 is 20.9 Å². The van der Waals surface area contributed by atoms with E-state index in [1.165, 1.54) is 36.2 Å². The lowest BCUT2D eigenvalue weighted by Crippen LogP contribution is -2.51. The van der Waals surface area contributed by atoms with Gasteiger partial charge in [0, 0.05) is 20.0 Å². The van der Waals surface area contributed by atoms with Crippen molar-refractivity contribution in [1.29, 1.82) is 0 Å². The molecule has 246 valence electrons. The first-order valence-corrected chi connectivity index (χ1v) is 13.7. The van der Waals surface area contributed by atoms with Gasteiger partial charge in [0.2, 0.25) is 17.7 Å². The maximum atomic E-state index is 14.0. The molecule has 0 bridgehead atoms. The third kappa shape index (κ3) is 8.44. The first-order valence-electron chi connectivity index (χ1n) is 13.7. The Labute approximate surface area is 254 Å². The van der Waals surface area contributed by atoms with E-state index in [0.717, 1.165) is 0 Å². The quantitative estimate of drug-likeness (QED) is 0.165. The molecule has 2 aromatic rings. The highest BCUT2D eigenvalue weighted by Gasteiger charge is 2.52. The molecule has 45 heavy (non-hydrogen) atoms. The normalized spacial score (nSPS) is 17.7. The largest absolute Gasteiger partial charge is 0.457 e. The van der Waals surface area contributed by atoms with Crippen molar-refractivity contribution in [3.05, 3.63) is 59.2 Å². The minimum atomic E-state index is -5.08. The number of carbonyl (C=O) groups is 4. The summed E-state index contributed by atoms with van der Waals surface area (Å²) in [5.74, 6) is -3.61. The number of benzene rings is 2. The highest BCUT2D eigenvalue weighted by molar-refractivity contribution is 5.98. The molecule has 2 aromatic carbocycles. The number of alkyl halides is 6. The van der Waals surface area contributed by atoms with E-state index in [0.29, 0.717) is 12.1 Å². The van der Waals surface area contributed by atoms with Gasteiger partial charge in [-0.1, -0.05) is 26.0 Å². The summed E-state index contributed by atoms with van der Waals surface area (Å²) in [6.45, 7) is 3.24. The van der Waals surface area contributed by atoms with Crippen LogP contribution in [0.3, 0.4) is 0 Å². The van der Waals surface area contributed by atoms with Crippen LogP contribution in [0.25, 0.3) is 0 Å². The molecule has 0 aliphatic carbocycles. The number of halogens is 6. The number of likely N-dealkylation sites (tertiary alicyclic amines) is 1. The van der Waals surface area contributed by atoms with Crippen molar-refractivity contribution >= 4 is 23.6 Å². The molecule has 1 saturated heterocycles. The zero-order valence-corrected chi connectivity index (χ0v) is 24.4. The van der Waals surface area contributed by atoms with Gasteiger partial charge in [0.1, 0.15) is 17.5 Å². The first-order chi connectivity index (χ1) is 20.9. The monoisotopic (exact) mass is 646 g/mol. The van der Waals surface area contributed by atoms with Gasteiger partial charge in [-0.25, -0.2) is 5.48 Å². The van der Waals surface area contributed by atoms with Crippen LogP contribution in [-0.4, -0.2) is 59.9 Å². The molecule has 3 rings (SSSR count). The number of hydrogen-bond acceptors (Lipinski definition) is 6. The van der Waals surface area contributed by atoms with E-state index in [1.54, 1.807) is 19.3 Å². The second-order valence-electron chi connectivity index (χ2n) is 10.9. The van der Waals surface area contributed by atoms with Crippen LogP contribution in [0.15, 0.2) is 42.5 Å². The summed E-state index contributed by atoms with van der Waals surface area (Å²) in [5.41, 5.74) is -2.90. The van der Waals surface area contributed by atoms with Crippen LogP contribution in [0.1, 0.15) is 49.8 Å². The Bertz CT molecular complexity index is 1380. The molecule has 4 amide bonds. The van der Waals surface area contributed by atoms with Crippen molar-refractivity contribution in [3.63, 3.8) is 0 Å². The molecule has 1 aliphatic rings. The maximum Gasteiger partial charge on any atom is 0.416 e. The fourth-order valence-corrected chi connectivity index (χ4v) is 5.09. The SMILES string of the molecule is CNC(=O)CNC(=O)CC1(c2ccc(Oc3cc(C(F)(F)F)cc(C(F)(F)F)c3)cc2)CCN(C(CC(C)C)C(=O)NO)C1=O. The summed E-state index contributed by atoms with van der Waals surface area (Å²) >= 11 is 0. The van der Waals surface area contributed by atoms with E-state index in [-0.39, 0.29) is 49.2 Å². The number of carbonyl (C=O) groups excluding carboxylic acids is 4. The topological polar surface area (TPSA) is 137 Å². The number of rotatable bonds is 11. The minimum absolute atomic E-state index is 0.00900. The van der Waals surface area contributed by atoms with Gasteiger partial charge in [-0.2, -0.15) is 26.3 Å². The number of nitrogens with one attached hydrogen (secondary N) is 3. The van der Waals surface area contributed by atoms with Crippen LogP contribution in [0.5, 0.6) is 11.5 Å². The van der Waals surface area contributed by atoms with Gasteiger partial charge in [0.25, 0.3) is 5.91 Å². The van der Waals surface area contributed by atoms with Crippen LogP contribution in [0, 0.1) is 5.92 Å². The lowest BCUT2D eigenvalue weighted by Gasteiger charge is -2.32. The Morgan fingerprint density at radius 2 is 1.53 bits per heavy atom. The molecular weight excluding hydrogens is 614 g/mol. The molecule has 2 unspecified atom stereocenters. The highest BCUT2D eigenvalue weighted by Crippen LogP contribution is 2.42. The Balaban J connectivity index is 1.99. The van der Waals surface area contributed by atoms with Gasteiger partial charge in [-0.05, 0) is 54.7 Å². The average molecular weight is 647 g/mol. The van der Waals surface area contributed by atoms with Crippen molar-refractivity contribution in [2.45, 2.75) is 56.9 Å². The van der Waals surface area contributed by atoms with Crippen molar-refractivity contribution < 1.29 is 55.5 Å². The smallest absolute Gasteiger partial charge is 0.416 e. The molecule has 10 nitrogen and oxygen atoms in total. The molecule has 0 saturated carbocycles. The summed E-state index contributed by atoms with van der Waals surface area (Å²) in [7, 11) is 1.36. The summed E-state index contributed by atoms with van der Waals surface area (Å²) in [6, 6.07) is 4.83. The average Bonchev–Trinajstić information content (AvgIpc) is 3.29. The maximum absolute atomic E-state index is 14.0. The van der Waals surface area contributed by atoms with Crippen molar-refractivity contribution in [1.82, 2.24) is 21.0 Å². The van der Waals surface area contributed by atoms with E-state index in [9.17, 15) is 50.7 Å². The molecule has 0 spiro atoms. The lowest BCUT2D eigenvalue weighted by atomic mass is 9.75. The van der Waals surface area contributed by atoms with Crippen LogP contribution in [-0.2, 0) is 36.9 Å². The molecule has 1 fully saturated rings. The van der Waals surface area contributed by atoms with Crippen LogP contribution in [0.2, 0.25) is 0 Å². The van der Waals surface area contributed by atoms with Crippen molar-refractivity contribution in [2.24, 2.45) is 5.92 Å².